The van der Waals surface area contributed by atoms with Crippen molar-refractivity contribution in [2.75, 3.05) is 26.0 Å². The lowest BCUT2D eigenvalue weighted by Gasteiger charge is -2.09. The molecule has 1 N–H and O–H groups in total. The summed E-state index contributed by atoms with van der Waals surface area (Å²) in [4.78, 5) is 28.4. The molecular formula is C21H23N3O4S. The van der Waals surface area contributed by atoms with Crippen molar-refractivity contribution in [2.24, 2.45) is 0 Å². The first-order chi connectivity index (χ1) is 14.0. The van der Waals surface area contributed by atoms with E-state index < -0.39 is 5.97 Å². The summed E-state index contributed by atoms with van der Waals surface area (Å²) in [7, 11) is 1.62. The fraction of sp³-hybridized carbons (Fsp3) is 0.333. The first-order valence-corrected chi connectivity index (χ1v) is 10.1. The largest absolute Gasteiger partial charge is 0.497 e. The number of amides is 1. The molecule has 0 bridgehead atoms. The van der Waals surface area contributed by atoms with Crippen molar-refractivity contribution in [3.8, 4) is 11.8 Å². The first-order valence-electron chi connectivity index (χ1n) is 9.09. The number of nitriles is 1. The molecule has 0 unspecified atom stereocenters. The van der Waals surface area contributed by atoms with Gasteiger partial charge in [-0.2, -0.15) is 5.26 Å². The number of rotatable bonds is 9. The maximum atomic E-state index is 12.1. The Hall–Kier alpha value is -3.05. The van der Waals surface area contributed by atoms with Gasteiger partial charge in [-0.1, -0.05) is 23.9 Å². The summed E-state index contributed by atoms with van der Waals surface area (Å²) in [5, 5.41) is 12.6. The van der Waals surface area contributed by atoms with Crippen molar-refractivity contribution in [1.29, 1.82) is 5.26 Å². The summed E-state index contributed by atoms with van der Waals surface area (Å²) in [6.07, 6.45) is 0.704. The predicted octanol–water partition coefficient (Wildman–Crippen LogP) is 2.90. The molecule has 2 aromatic rings. The number of nitrogens with one attached hydrogen (secondary N) is 1. The lowest BCUT2D eigenvalue weighted by molar-refractivity contribution is -0.118. The van der Waals surface area contributed by atoms with Gasteiger partial charge in [0, 0.05) is 6.54 Å². The molecule has 152 valence electrons. The van der Waals surface area contributed by atoms with Crippen molar-refractivity contribution in [2.45, 2.75) is 25.3 Å². The number of aromatic nitrogens is 1. The minimum Gasteiger partial charge on any atom is -0.497 e. The van der Waals surface area contributed by atoms with Crippen LogP contribution in [-0.4, -0.2) is 42.9 Å². The lowest BCUT2D eigenvalue weighted by atomic mass is 10.1. The highest BCUT2D eigenvalue weighted by Gasteiger charge is 2.17. The van der Waals surface area contributed by atoms with Crippen molar-refractivity contribution >= 4 is 23.6 Å². The van der Waals surface area contributed by atoms with Gasteiger partial charge in [0.05, 0.1) is 36.3 Å². The molecule has 0 aliphatic heterocycles. The van der Waals surface area contributed by atoms with Crippen LogP contribution in [0.25, 0.3) is 0 Å². The Kier molecular flexibility index (Phi) is 8.49. The fourth-order valence-electron chi connectivity index (χ4n) is 2.51. The fourth-order valence-corrected chi connectivity index (χ4v) is 3.34. The van der Waals surface area contributed by atoms with Crippen molar-refractivity contribution < 1.29 is 19.1 Å². The third-order valence-electron chi connectivity index (χ3n) is 4.03. The zero-order valence-corrected chi connectivity index (χ0v) is 17.5. The first kappa shape index (κ1) is 22.2. The van der Waals surface area contributed by atoms with Crippen LogP contribution in [0, 0.1) is 18.3 Å². The quantitative estimate of drug-likeness (QED) is 0.498. The van der Waals surface area contributed by atoms with Gasteiger partial charge < -0.3 is 14.8 Å². The summed E-state index contributed by atoms with van der Waals surface area (Å²) >= 11 is 1.16. The Labute approximate surface area is 174 Å². The van der Waals surface area contributed by atoms with Crippen LogP contribution in [-0.2, 0) is 16.0 Å². The van der Waals surface area contributed by atoms with E-state index in [1.807, 2.05) is 30.3 Å². The normalized spacial score (nSPS) is 10.1. The molecule has 29 heavy (non-hydrogen) atoms. The van der Waals surface area contributed by atoms with Gasteiger partial charge in [0.15, 0.2) is 0 Å². The molecule has 0 atom stereocenters. The van der Waals surface area contributed by atoms with Crippen molar-refractivity contribution in [3.05, 3.63) is 52.7 Å². The van der Waals surface area contributed by atoms with Gasteiger partial charge in [-0.05, 0) is 44.0 Å². The number of nitrogens with zero attached hydrogens (tertiary/aromatic N) is 2. The van der Waals surface area contributed by atoms with Crippen molar-refractivity contribution in [3.63, 3.8) is 0 Å². The number of hydrogen-bond acceptors (Lipinski definition) is 7. The van der Waals surface area contributed by atoms with E-state index in [0.29, 0.717) is 23.7 Å². The minimum atomic E-state index is -0.512. The van der Waals surface area contributed by atoms with E-state index in [1.165, 1.54) is 6.07 Å². The third kappa shape index (κ3) is 6.50. The Bertz CT molecular complexity index is 907. The second-order valence-electron chi connectivity index (χ2n) is 6.04. The third-order valence-corrected chi connectivity index (χ3v) is 5.02. The van der Waals surface area contributed by atoms with Crippen LogP contribution in [0.4, 0.5) is 0 Å². The smallest absolute Gasteiger partial charge is 0.340 e. The van der Waals surface area contributed by atoms with Crippen molar-refractivity contribution in [1.82, 2.24) is 10.3 Å². The molecule has 2 rings (SSSR count). The Balaban J connectivity index is 1.89. The molecule has 8 heteroatoms. The van der Waals surface area contributed by atoms with Crippen LogP contribution in [0.15, 0.2) is 35.4 Å². The number of esters is 1. The van der Waals surface area contributed by atoms with E-state index in [2.05, 4.69) is 10.3 Å². The number of carbonyl (C=O) groups is 2. The van der Waals surface area contributed by atoms with Gasteiger partial charge in [0.1, 0.15) is 16.8 Å². The number of thioether (sulfide) groups is 1. The van der Waals surface area contributed by atoms with Crippen LogP contribution in [0.2, 0.25) is 0 Å². The Morgan fingerprint density at radius 1 is 1.28 bits per heavy atom. The van der Waals surface area contributed by atoms with Gasteiger partial charge in [0.2, 0.25) is 5.91 Å². The highest BCUT2D eigenvalue weighted by molar-refractivity contribution is 8.00. The van der Waals surface area contributed by atoms with E-state index in [1.54, 1.807) is 21.0 Å². The van der Waals surface area contributed by atoms with E-state index in [-0.39, 0.29) is 29.4 Å². The number of ether oxygens (including phenoxy) is 2. The van der Waals surface area contributed by atoms with Crippen LogP contribution in [0.5, 0.6) is 5.75 Å². The second-order valence-corrected chi connectivity index (χ2v) is 7.01. The van der Waals surface area contributed by atoms with E-state index in [0.717, 1.165) is 23.1 Å². The summed E-state index contributed by atoms with van der Waals surface area (Å²) in [5.74, 6) is 0.255. The molecule has 1 heterocycles. The lowest BCUT2D eigenvalue weighted by Crippen LogP contribution is -2.27. The SMILES string of the molecule is CCOC(=O)c1cc(C#N)c(SCC(=O)NCCc2ccc(OC)cc2)nc1C. The number of pyridine rings is 1. The molecule has 0 fully saturated rings. The molecule has 1 aromatic heterocycles. The molecule has 7 nitrogen and oxygen atoms in total. The molecular weight excluding hydrogens is 390 g/mol. The zero-order valence-electron chi connectivity index (χ0n) is 16.7. The molecule has 1 aromatic carbocycles. The number of methoxy groups -OCH3 is 1. The monoisotopic (exact) mass is 413 g/mol. The predicted molar refractivity (Wildman–Crippen MR) is 110 cm³/mol. The summed E-state index contributed by atoms with van der Waals surface area (Å²) in [6.45, 7) is 4.13. The van der Waals surface area contributed by atoms with E-state index in [9.17, 15) is 14.9 Å². The molecule has 0 aliphatic rings. The molecule has 0 radical (unpaired) electrons. The van der Waals surface area contributed by atoms with Crippen LogP contribution in [0.3, 0.4) is 0 Å². The molecule has 0 saturated carbocycles. The zero-order chi connectivity index (χ0) is 21.2. The highest BCUT2D eigenvalue weighted by atomic mass is 32.2. The number of benzene rings is 1. The molecule has 1 amide bonds. The van der Waals surface area contributed by atoms with Gasteiger partial charge in [-0.25, -0.2) is 9.78 Å². The Morgan fingerprint density at radius 3 is 2.62 bits per heavy atom. The second kappa shape index (κ2) is 11.1. The number of hydrogen-bond donors (Lipinski definition) is 1. The van der Waals surface area contributed by atoms with Gasteiger partial charge in [0.25, 0.3) is 0 Å². The molecule has 0 aliphatic carbocycles. The average Bonchev–Trinajstić information content (AvgIpc) is 2.73. The molecule has 0 spiro atoms. The van der Waals surface area contributed by atoms with E-state index >= 15 is 0 Å². The summed E-state index contributed by atoms with van der Waals surface area (Å²) in [5.41, 5.74) is 2.06. The Morgan fingerprint density at radius 2 is 2.00 bits per heavy atom. The van der Waals surface area contributed by atoms with Gasteiger partial charge >= 0.3 is 5.97 Å². The highest BCUT2D eigenvalue weighted by Crippen LogP contribution is 2.23. The van der Waals surface area contributed by atoms with Crippen LogP contribution in [0.1, 0.15) is 34.1 Å². The average molecular weight is 413 g/mol. The molecule has 0 saturated heterocycles. The maximum absolute atomic E-state index is 12.1. The van der Waals surface area contributed by atoms with E-state index in [4.69, 9.17) is 9.47 Å². The van der Waals surface area contributed by atoms with Crippen LogP contribution >= 0.6 is 11.8 Å². The maximum Gasteiger partial charge on any atom is 0.340 e. The summed E-state index contributed by atoms with van der Waals surface area (Å²) < 4.78 is 10.1. The van der Waals surface area contributed by atoms with Gasteiger partial charge in [-0.3, -0.25) is 4.79 Å². The summed E-state index contributed by atoms with van der Waals surface area (Å²) in [6, 6.07) is 11.2. The number of aryl methyl sites for hydroxylation is 1. The van der Waals surface area contributed by atoms with Gasteiger partial charge in [-0.15, -0.1) is 0 Å². The number of carbonyl (C=O) groups excluding carboxylic acids is 2. The topological polar surface area (TPSA) is 101 Å². The van der Waals surface area contributed by atoms with Crippen LogP contribution < -0.4 is 10.1 Å². The minimum absolute atomic E-state index is 0.127. The standard InChI is InChI=1S/C21H23N3O4S/c1-4-28-21(26)18-11-16(12-22)20(24-14(18)2)29-13-19(25)23-10-9-15-5-7-17(27-3)8-6-15/h5-8,11H,4,9-10,13H2,1-3H3,(H,23,25).